The SMILES string of the molecule is CCCCC/C=C\C/C=C\C/C=C\CC1OC1CCCC(=O)OC[C@H](CO)OC(=O)CCCCCCCCCCCCCCCCCCC. The summed E-state index contributed by atoms with van der Waals surface area (Å²) < 4.78 is 16.3. The van der Waals surface area contributed by atoms with Gasteiger partial charge in [-0.15, -0.1) is 0 Å². The number of esters is 2. The molecule has 1 rings (SSSR count). The van der Waals surface area contributed by atoms with E-state index in [-0.39, 0.29) is 37.4 Å². The fraction of sp³-hybridized carbons (Fsp3) is 0.814. The van der Waals surface area contributed by atoms with Crippen molar-refractivity contribution in [1.82, 2.24) is 0 Å². The van der Waals surface area contributed by atoms with E-state index in [1.54, 1.807) is 0 Å². The number of epoxide rings is 1. The lowest BCUT2D eigenvalue weighted by molar-refractivity contribution is -0.161. The highest BCUT2D eigenvalue weighted by Crippen LogP contribution is 2.30. The van der Waals surface area contributed by atoms with Crippen LogP contribution < -0.4 is 0 Å². The maximum Gasteiger partial charge on any atom is 0.306 e. The number of aliphatic hydroxyl groups is 1. The summed E-state index contributed by atoms with van der Waals surface area (Å²) >= 11 is 0. The van der Waals surface area contributed by atoms with Crippen LogP contribution in [0.4, 0.5) is 0 Å². The summed E-state index contributed by atoms with van der Waals surface area (Å²) in [5.41, 5.74) is 0. The van der Waals surface area contributed by atoms with Crippen LogP contribution in [0.25, 0.3) is 0 Å². The zero-order valence-electron chi connectivity index (χ0n) is 31.9. The first kappa shape index (κ1) is 45.1. The Morgan fingerprint density at radius 1 is 0.592 bits per heavy atom. The first-order valence-electron chi connectivity index (χ1n) is 20.7. The molecule has 0 aromatic heterocycles. The van der Waals surface area contributed by atoms with Crippen molar-refractivity contribution in [2.24, 2.45) is 0 Å². The van der Waals surface area contributed by atoms with Crippen LogP contribution >= 0.6 is 0 Å². The van der Waals surface area contributed by atoms with Gasteiger partial charge in [-0.05, 0) is 51.4 Å². The summed E-state index contributed by atoms with van der Waals surface area (Å²) in [6.07, 6.45) is 45.1. The fourth-order valence-corrected chi connectivity index (χ4v) is 6.11. The van der Waals surface area contributed by atoms with Crippen molar-refractivity contribution in [3.8, 4) is 0 Å². The summed E-state index contributed by atoms with van der Waals surface area (Å²) in [7, 11) is 0. The second-order valence-electron chi connectivity index (χ2n) is 14.1. The average Bonchev–Trinajstić information content (AvgIpc) is 3.86. The third-order valence-electron chi connectivity index (χ3n) is 9.36. The van der Waals surface area contributed by atoms with Crippen LogP contribution in [0.3, 0.4) is 0 Å². The number of unbranched alkanes of at least 4 members (excludes halogenated alkanes) is 19. The monoisotopic (exact) mass is 689 g/mol. The molecule has 0 aromatic rings. The van der Waals surface area contributed by atoms with Gasteiger partial charge in [-0.3, -0.25) is 9.59 Å². The third kappa shape index (κ3) is 30.6. The largest absolute Gasteiger partial charge is 0.462 e. The van der Waals surface area contributed by atoms with Crippen molar-refractivity contribution in [2.75, 3.05) is 13.2 Å². The van der Waals surface area contributed by atoms with Crippen molar-refractivity contribution < 1.29 is 28.9 Å². The van der Waals surface area contributed by atoms with Crippen molar-refractivity contribution in [2.45, 2.75) is 212 Å². The highest BCUT2D eigenvalue weighted by molar-refractivity contribution is 5.70. The van der Waals surface area contributed by atoms with Gasteiger partial charge in [-0.1, -0.05) is 166 Å². The molecule has 1 aliphatic heterocycles. The van der Waals surface area contributed by atoms with Gasteiger partial charge in [0.2, 0.25) is 0 Å². The lowest BCUT2D eigenvalue weighted by atomic mass is 10.0. The summed E-state index contributed by atoms with van der Waals surface area (Å²) in [5.74, 6) is -0.661. The maximum absolute atomic E-state index is 12.2. The molecule has 0 spiro atoms. The lowest BCUT2D eigenvalue weighted by Crippen LogP contribution is -2.28. The fourth-order valence-electron chi connectivity index (χ4n) is 6.11. The number of carbonyl (C=O) groups excluding carboxylic acids is 2. The molecule has 1 heterocycles. The standard InChI is InChI=1S/C43H76O6/c1-3-5-7-9-11-13-15-17-18-19-20-21-23-25-27-29-31-35-43(46)48-39(37-44)38-47-42(45)36-32-34-41-40(49-41)33-30-28-26-24-22-16-14-12-10-8-6-4-2/h12,14,22,24,28,30,39-41,44H,3-11,13,15-21,23,25-27,29,31-38H2,1-2H3/b14-12-,24-22-,30-28-/t39-,40?,41?/m0/s1. The molecule has 1 saturated heterocycles. The van der Waals surface area contributed by atoms with Gasteiger partial charge in [0.1, 0.15) is 6.61 Å². The number of rotatable bonds is 36. The molecule has 0 saturated carbocycles. The van der Waals surface area contributed by atoms with E-state index in [2.05, 4.69) is 50.3 Å². The molecule has 0 aliphatic carbocycles. The van der Waals surface area contributed by atoms with Crippen molar-refractivity contribution in [1.29, 1.82) is 0 Å². The Hall–Kier alpha value is -1.92. The number of hydrogen-bond donors (Lipinski definition) is 1. The molecule has 1 aliphatic rings. The topological polar surface area (TPSA) is 85.4 Å². The third-order valence-corrected chi connectivity index (χ3v) is 9.36. The van der Waals surface area contributed by atoms with Crippen molar-refractivity contribution >= 4 is 11.9 Å². The van der Waals surface area contributed by atoms with Gasteiger partial charge in [0.15, 0.2) is 6.10 Å². The van der Waals surface area contributed by atoms with Crippen LogP contribution in [-0.2, 0) is 23.8 Å². The number of allylic oxidation sites excluding steroid dienone is 5. The average molecular weight is 689 g/mol. The zero-order valence-corrected chi connectivity index (χ0v) is 31.9. The van der Waals surface area contributed by atoms with Crippen LogP contribution in [0, 0.1) is 0 Å². The van der Waals surface area contributed by atoms with Crippen LogP contribution in [0.5, 0.6) is 0 Å². The predicted octanol–water partition coefficient (Wildman–Crippen LogP) is 11.8. The van der Waals surface area contributed by atoms with Gasteiger partial charge in [-0.25, -0.2) is 0 Å². The highest BCUT2D eigenvalue weighted by Gasteiger charge is 2.36. The molecule has 0 radical (unpaired) electrons. The van der Waals surface area contributed by atoms with E-state index in [0.29, 0.717) is 19.3 Å². The van der Waals surface area contributed by atoms with Gasteiger partial charge < -0.3 is 19.3 Å². The Balaban J connectivity index is 1.92. The van der Waals surface area contributed by atoms with Crippen molar-refractivity contribution in [3.63, 3.8) is 0 Å². The number of aliphatic hydroxyl groups excluding tert-OH is 1. The Bertz CT molecular complexity index is 849. The summed E-state index contributed by atoms with van der Waals surface area (Å²) in [6, 6.07) is 0. The van der Waals surface area contributed by atoms with Crippen LogP contribution in [0.2, 0.25) is 0 Å². The molecule has 2 unspecified atom stereocenters. The van der Waals surface area contributed by atoms with E-state index in [4.69, 9.17) is 14.2 Å². The van der Waals surface area contributed by atoms with Gasteiger partial charge in [0.05, 0.1) is 18.8 Å². The Morgan fingerprint density at radius 2 is 1.08 bits per heavy atom. The molecule has 0 aromatic carbocycles. The molecular formula is C43H76O6. The Morgan fingerprint density at radius 3 is 1.65 bits per heavy atom. The summed E-state index contributed by atoms with van der Waals surface area (Å²) in [5, 5.41) is 9.58. The quantitative estimate of drug-likeness (QED) is 0.0305. The maximum atomic E-state index is 12.2. The van der Waals surface area contributed by atoms with Gasteiger partial charge in [0.25, 0.3) is 0 Å². The molecule has 0 amide bonds. The second-order valence-corrected chi connectivity index (χ2v) is 14.1. The lowest BCUT2D eigenvalue weighted by Gasteiger charge is -2.15. The second kappa shape index (κ2) is 34.5. The first-order chi connectivity index (χ1) is 24.1. The van der Waals surface area contributed by atoms with Gasteiger partial charge in [0, 0.05) is 12.8 Å². The molecule has 0 bridgehead atoms. The van der Waals surface area contributed by atoms with E-state index in [0.717, 1.165) is 44.9 Å². The number of hydrogen-bond acceptors (Lipinski definition) is 6. The highest BCUT2D eigenvalue weighted by atomic mass is 16.6. The minimum atomic E-state index is -0.799. The number of ether oxygens (including phenoxy) is 3. The van der Waals surface area contributed by atoms with Gasteiger partial charge >= 0.3 is 11.9 Å². The van der Waals surface area contributed by atoms with E-state index in [1.807, 2.05) is 0 Å². The van der Waals surface area contributed by atoms with E-state index < -0.39 is 6.10 Å². The predicted molar refractivity (Wildman–Crippen MR) is 205 cm³/mol. The zero-order chi connectivity index (χ0) is 35.5. The molecule has 284 valence electrons. The molecule has 1 fully saturated rings. The van der Waals surface area contributed by atoms with E-state index in [1.165, 1.54) is 116 Å². The molecule has 6 nitrogen and oxygen atoms in total. The molecule has 1 N–H and O–H groups in total. The number of carbonyl (C=O) groups is 2. The van der Waals surface area contributed by atoms with Crippen molar-refractivity contribution in [3.05, 3.63) is 36.5 Å². The van der Waals surface area contributed by atoms with E-state index in [9.17, 15) is 14.7 Å². The van der Waals surface area contributed by atoms with Crippen LogP contribution in [0.15, 0.2) is 36.5 Å². The van der Waals surface area contributed by atoms with Crippen LogP contribution in [0.1, 0.15) is 194 Å². The molecule has 6 heteroatoms. The first-order valence-corrected chi connectivity index (χ1v) is 20.7. The Kier molecular flexibility index (Phi) is 31.8. The van der Waals surface area contributed by atoms with Crippen LogP contribution in [-0.4, -0.2) is 48.6 Å². The summed E-state index contributed by atoms with van der Waals surface area (Å²) in [4.78, 5) is 24.4. The molecule has 3 atom stereocenters. The van der Waals surface area contributed by atoms with E-state index >= 15 is 0 Å². The summed E-state index contributed by atoms with van der Waals surface area (Å²) in [6.45, 7) is 4.05. The molecular weight excluding hydrogens is 612 g/mol. The minimum Gasteiger partial charge on any atom is -0.462 e. The smallest absolute Gasteiger partial charge is 0.306 e. The van der Waals surface area contributed by atoms with Gasteiger partial charge in [-0.2, -0.15) is 0 Å². The Labute approximate surface area is 301 Å². The molecule has 49 heavy (non-hydrogen) atoms. The normalized spacial score (nSPS) is 16.6. The minimum absolute atomic E-state index is 0.100.